The Labute approximate surface area is 80.0 Å². The van der Waals surface area contributed by atoms with Gasteiger partial charge in [0, 0.05) is 13.2 Å². The van der Waals surface area contributed by atoms with Gasteiger partial charge in [-0.2, -0.15) is 5.10 Å². The van der Waals surface area contributed by atoms with Crippen LogP contribution in [0.2, 0.25) is 0 Å². The minimum absolute atomic E-state index is 0.342. The molecular weight excluding hydrogens is 190 g/mol. The Bertz CT molecular complexity index is 404. The maximum atomic E-state index is 5.68. The van der Waals surface area contributed by atoms with Crippen molar-refractivity contribution in [2.24, 2.45) is 7.05 Å². The van der Waals surface area contributed by atoms with E-state index in [4.69, 9.17) is 11.6 Å². The lowest BCUT2D eigenvalue weighted by Gasteiger charge is -1.98. The van der Waals surface area contributed by atoms with Crippen LogP contribution in [-0.2, 0) is 12.9 Å². The first kappa shape index (κ1) is 8.25. The van der Waals surface area contributed by atoms with Gasteiger partial charge >= 0.3 is 0 Å². The average molecular weight is 198 g/mol. The van der Waals surface area contributed by atoms with Gasteiger partial charge in [0.2, 0.25) is 0 Å². The highest BCUT2D eigenvalue weighted by molar-refractivity contribution is 6.16. The number of nitrogens with zero attached hydrogens (tertiary/aromatic N) is 5. The van der Waals surface area contributed by atoms with Crippen molar-refractivity contribution in [3.8, 4) is 5.69 Å². The van der Waals surface area contributed by atoms with Crippen molar-refractivity contribution < 1.29 is 0 Å². The number of aromatic nitrogens is 5. The van der Waals surface area contributed by atoms with Crippen molar-refractivity contribution in [2.45, 2.75) is 5.88 Å². The molecule has 0 atom stereocenters. The molecule has 0 amide bonds. The number of aryl methyl sites for hydroxylation is 1. The molecule has 0 saturated carbocycles. The normalized spacial score (nSPS) is 10.6. The lowest BCUT2D eigenvalue weighted by Crippen LogP contribution is -1.96. The molecule has 0 aliphatic heterocycles. The molecule has 0 N–H and O–H groups in total. The van der Waals surface area contributed by atoms with Gasteiger partial charge in [-0.3, -0.25) is 9.25 Å². The van der Waals surface area contributed by atoms with Crippen LogP contribution in [0.5, 0.6) is 0 Å². The summed E-state index contributed by atoms with van der Waals surface area (Å²) in [5.74, 6) is 1.06. The lowest BCUT2D eigenvalue weighted by molar-refractivity contribution is 0.767. The molecule has 2 aromatic rings. The topological polar surface area (TPSA) is 48.5 Å². The standard InChI is InChI=1S/C7H8ClN5/c1-12-4-6(3-10-12)13-5-9-11-7(13)2-8/h3-5H,2H2,1H3. The number of halogens is 1. The van der Waals surface area contributed by atoms with Crippen LogP contribution in [0, 0.1) is 0 Å². The van der Waals surface area contributed by atoms with E-state index in [2.05, 4.69) is 15.3 Å². The predicted molar refractivity (Wildman–Crippen MR) is 47.7 cm³/mol. The summed E-state index contributed by atoms with van der Waals surface area (Å²) < 4.78 is 3.52. The second-order valence-corrected chi connectivity index (χ2v) is 2.89. The molecule has 68 valence electrons. The summed E-state index contributed by atoms with van der Waals surface area (Å²) in [4.78, 5) is 0. The number of alkyl halides is 1. The van der Waals surface area contributed by atoms with E-state index in [-0.39, 0.29) is 0 Å². The van der Waals surface area contributed by atoms with Crippen LogP contribution in [0.15, 0.2) is 18.7 Å². The molecular formula is C7H8ClN5. The van der Waals surface area contributed by atoms with Gasteiger partial charge in [-0.05, 0) is 0 Å². The van der Waals surface area contributed by atoms with E-state index in [9.17, 15) is 0 Å². The van der Waals surface area contributed by atoms with Crippen LogP contribution in [0.1, 0.15) is 5.82 Å². The summed E-state index contributed by atoms with van der Waals surface area (Å²) in [6.45, 7) is 0. The Hall–Kier alpha value is -1.36. The highest BCUT2D eigenvalue weighted by Gasteiger charge is 2.05. The molecule has 0 fully saturated rings. The summed E-state index contributed by atoms with van der Waals surface area (Å²) in [7, 11) is 1.86. The lowest BCUT2D eigenvalue weighted by atomic mass is 10.5. The molecule has 2 rings (SSSR count). The zero-order valence-corrected chi connectivity index (χ0v) is 7.81. The maximum absolute atomic E-state index is 5.68. The summed E-state index contributed by atoms with van der Waals surface area (Å²) in [6, 6.07) is 0. The molecule has 0 spiro atoms. The summed E-state index contributed by atoms with van der Waals surface area (Å²) in [5.41, 5.74) is 0.920. The smallest absolute Gasteiger partial charge is 0.152 e. The van der Waals surface area contributed by atoms with E-state index in [0.29, 0.717) is 5.88 Å². The van der Waals surface area contributed by atoms with Crippen LogP contribution < -0.4 is 0 Å². The van der Waals surface area contributed by atoms with Crippen molar-refractivity contribution in [3.05, 3.63) is 24.5 Å². The summed E-state index contributed by atoms with van der Waals surface area (Å²) in [6.07, 6.45) is 5.23. The van der Waals surface area contributed by atoms with E-state index in [1.807, 2.05) is 13.2 Å². The van der Waals surface area contributed by atoms with Crippen LogP contribution in [0.25, 0.3) is 5.69 Å². The Balaban J connectivity index is 2.45. The van der Waals surface area contributed by atoms with Crippen LogP contribution in [-0.4, -0.2) is 24.5 Å². The van der Waals surface area contributed by atoms with Gasteiger partial charge in [0.25, 0.3) is 0 Å². The molecule has 2 aromatic heterocycles. The van der Waals surface area contributed by atoms with E-state index in [0.717, 1.165) is 11.5 Å². The molecule has 0 aromatic carbocycles. The molecule has 0 unspecified atom stereocenters. The second-order valence-electron chi connectivity index (χ2n) is 2.62. The van der Waals surface area contributed by atoms with E-state index in [1.165, 1.54) is 0 Å². The summed E-state index contributed by atoms with van der Waals surface area (Å²) in [5, 5.41) is 11.7. The molecule has 2 heterocycles. The number of rotatable bonds is 2. The fourth-order valence-corrected chi connectivity index (χ4v) is 1.28. The van der Waals surface area contributed by atoms with Gasteiger partial charge in [0.15, 0.2) is 5.82 Å². The largest absolute Gasteiger partial charge is 0.281 e. The van der Waals surface area contributed by atoms with E-state index < -0.39 is 0 Å². The molecule has 0 aliphatic rings. The molecule has 0 aliphatic carbocycles. The molecule has 0 radical (unpaired) electrons. The Morgan fingerprint density at radius 1 is 1.54 bits per heavy atom. The highest BCUT2D eigenvalue weighted by atomic mass is 35.5. The third-order valence-corrected chi connectivity index (χ3v) is 1.95. The van der Waals surface area contributed by atoms with Crippen molar-refractivity contribution in [1.82, 2.24) is 24.5 Å². The molecule has 5 nitrogen and oxygen atoms in total. The summed E-state index contributed by atoms with van der Waals surface area (Å²) >= 11 is 5.68. The van der Waals surface area contributed by atoms with E-state index >= 15 is 0 Å². The Morgan fingerprint density at radius 3 is 3.00 bits per heavy atom. The molecule has 0 saturated heterocycles. The van der Waals surface area contributed by atoms with Crippen molar-refractivity contribution >= 4 is 11.6 Å². The average Bonchev–Trinajstić information content (AvgIpc) is 2.71. The van der Waals surface area contributed by atoms with Gasteiger partial charge in [0.1, 0.15) is 6.33 Å². The molecule has 13 heavy (non-hydrogen) atoms. The SMILES string of the molecule is Cn1cc(-n2cnnc2CCl)cn1. The quantitative estimate of drug-likeness (QED) is 0.668. The first-order valence-electron chi connectivity index (χ1n) is 3.75. The van der Waals surface area contributed by atoms with Crippen LogP contribution >= 0.6 is 11.6 Å². The third kappa shape index (κ3) is 1.42. The van der Waals surface area contributed by atoms with Crippen LogP contribution in [0.4, 0.5) is 0 Å². The van der Waals surface area contributed by atoms with Crippen molar-refractivity contribution in [3.63, 3.8) is 0 Å². The maximum Gasteiger partial charge on any atom is 0.152 e. The first-order valence-corrected chi connectivity index (χ1v) is 4.28. The minimum atomic E-state index is 0.342. The monoisotopic (exact) mass is 197 g/mol. The third-order valence-electron chi connectivity index (χ3n) is 1.71. The van der Waals surface area contributed by atoms with Gasteiger partial charge in [-0.25, -0.2) is 0 Å². The number of hydrogen-bond donors (Lipinski definition) is 0. The van der Waals surface area contributed by atoms with Gasteiger partial charge < -0.3 is 0 Å². The van der Waals surface area contributed by atoms with Crippen LogP contribution in [0.3, 0.4) is 0 Å². The van der Waals surface area contributed by atoms with Gasteiger partial charge in [-0.1, -0.05) is 0 Å². The predicted octanol–water partition coefficient (Wildman–Crippen LogP) is 0.740. The van der Waals surface area contributed by atoms with Crippen molar-refractivity contribution in [2.75, 3.05) is 0 Å². The van der Waals surface area contributed by atoms with Crippen molar-refractivity contribution in [1.29, 1.82) is 0 Å². The fourth-order valence-electron chi connectivity index (χ4n) is 1.10. The van der Waals surface area contributed by atoms with Gasteiger partial charge in [-0.15, -0.1) is 21.8 Å². The fraction of sp³-hybridized carbons (Fsp3) is 0.286. The zero-order chi connectivity index (χ0) is 9.26. The molecule has 0 bridgehead atoms. The second kappa shape index (κ2) is 3.18. The van der Waals surface area contributed by atoms with E-state index in [1.54, 1.807) is 21.8 Å². The Morgan fingerprint density at radius 2 is 2.38 bits per heavy atom. The minimum Gasteiger partial charge on any atom is -0.281 e. The Kier molecular flexibility index (Phi) is 2.02. The first-order chi connectivity index (χ1) is 6.31. The number of hydrogen-bond acceptors (Lipinski definition) is 3. The zero-order valence-electron chi connectivity index (χ0n) is 7.05. The molecule has 6 heteroatoms. The highest BCUT2D eigenvalue weighted by Crippen LogP contribution is 2.08. The van der Waals surface area contributed by atoms with Gasteiger partial charge in [0.05, 0.1) is 17.8 Å².